The van der Waals surface area contributed by atoms with E-state index in [9.17, 15) is 5.11 Å². The summed E-state index contributed by atoms with van der Waals surface area (Å²) in [5.74, 6) is 2.12. The van der Waals surface area contributed by atoms with Gasteiger partial charge in [0.25, 0.3) is 0 Å². The monoisotopic (exact) mass is 605 g/mol. The number of thiocarbonyl (C=S) groups is 1. The van der Waals surface area contributed by atoms with Crippen LogP contribution in [0.4, 0.5) is 5.82 Å². The van der Waals surface area contributed by atoms with E-state index in [1.165, 1.54) is 0 Å². The zero-order valence-corrected chi connectivity index (χ0v) is 25.5. The minimum Gasteiger partial charge on any atom is -0.497 e. The van der Waals surface area contributed by atoms with Crippen LogP contribution in [-0.4, -0.2) is 29.4 Å². The first-order valence-corrected chi connectivity index (χ1v) is 14.6. The van der Waals surface area contributed by atoms with Gasteiger partial charge in [-0.3, -0.25) is 0 Å². The van der Waals surface area contributed by atoms with E-state index in [0.717, 1.165) is 39.3 Å². The van der Waals surface area contributed by atoms with Crippen molar-refractivity contribution in [3.63, 3.8) is 0 Å². The topological polar surface area (TPSA) is 84.9 Å². The number of methoxy groups -OCH3 is 2. The van der Waals surface area contributed by atoms with E-state index in [0.29, 0.717) is 29.8 Å². The van der Waals surface area contributed by atoms with E-state index in [4.69, 9.17) is 26.4 Å². The standard InChI is InChI=1S/C36H35N3O4S/c1-41-32-18-14-29(15-19-32)36(28-10-4-3-5-11-28,30-16-20-33(42-2)21-17-30)43-25-27-9-6-8-26(22-27)23-37-35(44)39-34-13-7-12-31(24-40)38-34/h3-22,40H,23-25H2,1-2H3,(H2,37,38,39,44). The Morgan fingerprint density at radius 3 is 1.93 bits per heavy atom. The van der Waals surface area contributed by atoms with Crippen LogP contribution in [0.25, 0.3) is 0 Å². The van der Waals surface area contributed by atoms with Crippen molar-refractivity contribution in [2.24, 2.45) is 0 Å². The van der Waals surface area contributed by atoms with Crippen LogP contribution >= 0.6 is 12.2 Å². The molecule has 0 aliphatic rings. The molecule has 0 atom stereocenters. The highest BCUT2D eigenvalue weighted by Crippen LogP contribution is 2.42. The summed E-state index contributed by atoms with van der Waals surface area (Å²) in [4.78, 5) is 4.32. The van der Waals surface area contributed by atoms with E-state index in [-0.39, 0.29) is 6.61 Å². The van der Waals surface area contributed by atoms with E-state index in [1.54, 1.807) is 26.4 Å². The van der Waals surface area contributed by atoms with Gasteiger partial charge in [0.2, 0.25) is 0 Å². The number of nitrogens with one attached hydrogen (secondary N) is 2. The van der Waals surface area contributed by atoms with Gasteiger partial charge in [-0.2, -0.15) is 0 Å². The number of pyridine rings is 1. The van der Waals surface area contributed by atoms with Crippen molar-refractivity contribution in [3.8, 4) is 11.5 Å². The summed E-state index contributed by atoms with van der Waals surface area (Å²) in [7, 11) is 3.32. The fourth-order valence-electron chi connectivity index (χ4n) is 5.08. The molecule has 0 unspecified atom stereocenters. The minimum absolute atomic E-state index is 0.132. The van der Waals surface area contributed by atoms with Gasteiger partial charge in [0.1, 0.15) is 22.9 Å². The molecule has 0 amide bonds. The van der Waals surface area contributed by atoms with Gasteiger partial charge in [-0.05, 0) is 76.4 Å². The van der Waals surface area contributed by atoms with Gasteiger partial charge in [0.15, 0.2) is 5.11 Å². The number of aliphatic hydroxyl groups is 1. The Bertz CT molecular complexity index is 1610. The smallest absolute Gasteiger partial charge is 0.172 e. The molecule has 0 aliphatic carbocycles. The highest BCUT2D eigenvalue weighted by molar-refractivity contribution is 7.80. The number of ether oxygens (including phenoxy) is 3. The molecule has 0 fully saturated rings. The largest absolute Gasteiger partial charge is 0.497 e. The van der Waals surface area contributed by atoms with Gasteiger partial charge in [0, 0.05) is 6.54 Å². The molecule has 0 aliphatic heterocycles. The number of nitrogens with zero attached hydrogens (tertiary/aromatic N) is 1. The summed E-state index contributed by atoms with van der Waals surface area (Å²) >= 11 is 5.48. The zero-order chi connectivity index (χ0) is 30.8. The van der Waals surface area contributed by atoms with Crippen molar-refractivity contribution in [2.75, 3.05) is 19.5 Å². The SMILES string of the molecule is COc1ccc(C(OCc2cccc(CNC(=S)Nc3cccc(CO)n3)c2)(c2ccccc2)c2ccc(OC)cc2)cc1. The van der Waals surface area contributed by atoms with E-state index >= 15 is 0 Å². The molecule has 5 aromatic rings. The molecule has 0 saturated carbocycles. The van der Waals surface area contributed by atoms with Gasteiger partial charge in [-0.1, -0.05) is 84.9 Å². The lowest BCUT2D eigenvalue weighted by molar-refractivity contribution is 0.000167. The Morgan fingerprint density at radius 1 is 0.727 bits per heavy atom. The molecule has 3 N–H and O–H groups in total. The molecule has 4 aromatic carbocycles. The third-order valence-corrected chi connectivity index (χ3v) is 7.53. The maximum Gasteiger partial charge on any atom is 0.172 e. The first kappa shape index (κ1) is 30.7. The molecule has 0 bridgehead atoms. The molecule has 0 spiro atoms. The molecule has 44 heavy (non-hydrogen) atoms. The first-order valence-electron chi connectivity index (χ1n) is 14.2. The van der Waals surface area contributed by atoms with Crippen LogP contribution in [0, 0.1) is 0 Å². The lowest BCUT2D eigenvalue weighted by Crippen LogP contribution is -2.33. The second-order valence-electron chi connectivity index (χ2n) is 10.1. The lowest BCUT2D eigenvalue weighted by atomic mass is 9.80. The molecule has 8 heteroatoms. The quantitative estimate of drug-likeness (QED) is 0.109. The average molecular weight is 606 g/mol. The zero-order valence-electron chi connectivity index (χ0n) is 24.7. The molecular weight excluding hydrogens is 570 g/mol. The molecule has 7 nitrogen and oxygen atoms in total. The van der Waals surface area contributed by atoms with Crippen LogP contribution in [0.5, 0.6) is 11.5 Å². The molecule has 1 heterocycles. The van der Waals surface area contributed by atoms with E-state index in [2.05, 4.69) is 64.1 Å². The van der Waals surface area contributed by atoms with Crippen LogP contribution in [0.2, 0.25) is 0 Å². The third kappa shape index (κ3) is 7.23. The number of hydrogen-bond acceptors (Lipinski definition) is 6. The van der Waals surface area contributed by atoms with E-state index in [1.807, 2.05) is 60.7 Å². The van der Waals surface area contributed by atoms with Gasteiger partial charge >= 0.3 is 0 Å². The highest BCUT2D eigenvalue weighted by atomic mass is 32.1. The van der Waals surface area contributed by atoms with Crippen LogP contribution < -0.4 is 20.1 Å². The normalized spacial score (nSPS) is 11.1. The molecule has 224 valence electrons. The average Bonchev–Trinajstić information content (AvgIpc) is 3.09. The van der Waals surface area contributed by atoms with Crippen molar-refractivity contribution in [3.05, 3.63) is 155 Å². The Labute approximate surface area is 263 Å². The molecule has 0 saturated heterocycles. The first-order chi connectivity index (χ1) is 21.5. The van der Waals surface area contributed by atoms with Crippen LogP contribution in [0.1, 0.15) is 33.5 Å². The number of benzene rings is 4. The second kappa shape index (κ2) is 14.6. The molecule has 1 aromatic heterocycles. The third-order valence-electron chi connectivity index (χ3n) is 7.28. The Hall–Kier alpha value is -4.76. The summed E-state index contributed by atoms with van der Waals surface area (Å²) in [5.41, 5.74) is 4.68. The number of hydrogen-bond donors (Lipinski definition) is 3. The summed E-state index contributed by atoms with van der Waals surface area (Å²) in [6.45, 7) is 0.731. The van der Waals surface area contributed by atoms with E-state index < -0.39 is 5.60 Å². The molecule has 0 radical (unpaired) electrons. The van der Waals surface area contributed by atoms with Crippen molar-refractivity contribution in [1.82, 2.24) is 10.3 Å². The summed E-state index contributed by atoms with van der Waals surface area (Å²) < 4.78 is 18.0. The number of aliphatic hydroxyl groups excluding tert-OH is 1. The lowest BCUT2D eigenvalue weighted by Gasteiger charge is -2.36. The summed E-state index contributed by atoms with van der Waals surface area (Å²) in [6.07, 6.45) is 0. The summed E-state index contributed by atoms with van der Waals surface area (Å²) in [6, 6.07) is 39.9. The van der Waals surface area contributed by atoms with Crippen molar-refractivity contribution >= 4 is 23.1 Å². The Balaban J connectivity index is 1.40. The summed E-state index contributed by atoms with van der Waals surface area (Å²) in [5, 5.41) is 16.1. The van der Waals surface area contributed by atoms with Gasteiger partial charge in [-0.25, -0.2) is 4.98 Å². The minimum atomic E-state index is -0.907. The van der Waals surface area contributed by atoms with Crippen LogP contribution in [-0.2, 0) is 30.1 Å². The predicted molar refractivity (Wildman–Crippen MR) is 177 cm³/mol. The van der Waals surface area contributed by atoms with Crippen molar-refractivity contribution in [1.29, 1.82) is 0 Å². The van der Waals surface area contributed by atoms with Crippen LogP contribution in [0.15, 0.2) is 121 Å². The van der Waals surface area contributed by atoms with Crippen molar-refractivity contribution in [2.45, 2.75) is 25.4 Å². The second-order valence-corrected chi connectivity index (χ2v) is 10.5. The number of aromatic nitrogens is 1. The molecular formula is C36H35N3O4S. The van der Waals surface area contributed by atoms with Crippen molar-refractivity contribution < 1.29 is 19.3 Å². The highest BCUT2D eigenvalue weighted by Gasteiger charge is 2.38. The number of rotatable bonds is 12. The van der Waals surface area contributed by atoms with Crippen LogP contribution in [0.3, 0.4) is 0 Å². The fraction of sp³-hybridized carbons (Fsp3) is 0.167. The molecule has 5 rings (SSSR count). The predicted octanol–water partition coefficient (Wildman–Crippen LogP) is 6.59. The van der Waals surface area contributed by atoms with Gasteiger partial charge in [-0.15, -0.1) is 0 Å². The maximum absolute atomic E-state index is 9.35. The number of anilines is 1. The maximum atomic E-state index is 9.35. The fourth-order valence-corrected chi connectivity index (χ4v) is 5.25. The Kier molecular flexibility index (Phi) is 10.2. The van der Waals surface area contributed by atoms with Gasteiger partial charge < -0.3 is 30.0 Å². The Morgan fingerprint density at radius 2 is 1.32 bits per heavy atom. The van der Waals surface area contributed by atoms with Gasteiger partial charge in [0.05, 0.1) is 33.1 Å².